The molecule has 0 fully saturated rings. The predicted octanol–water partition coefficient (Wildman–Crippen LogP) is 4.10. The molecule has 0 saturated heterocycles. The average Bonchev–Trinajstić information content (AvgIpc) is 3.09. The number of hydrogen-bond donors (Lipinski definition) is 1. The van der Waals surface area contributed by atoms with Crippen LogP contribution in [0.25, 0.3) is 0 Å². The smallest absolute Gasteiger partial charge is 0.229 e. The van der Waals surface area contributed by atoms with Crippen LogP contribution >= 0.6 is 23.2 Å². The summed E-state index contributed by atoms with van der Waals surface area (Å²) in [5.41, 5.74) is 1.74. The van der Waals surface area contributed by atoms with Gasteiger partial charge in [-0.1, -0.05) is 47.5 Å². The maximum Gasteiger partial charge on any atom is 0.229 e. The lowest BCUT2D eigenvalue weighted by atomic mass is 10.0. The van der Waals surface area contributed by atoms with Gasteiger partial charge in [0.25, 0.3) is 0 Å². The minimum absolute atomic E-state index is 0.106. The first-order valence-electron chi connectivity index (χ1n) is 7.97. The Morgan fingerprint density at radius 3 is 2.85 bits per heavy atom. The van der Waals surface area contributed by atoms with Gasteiger partial charge < -0.3 is 4.74 Å². The molecule has 0 saturated carbocycles. The van der Waals surface area contributed by atoms with E-state index in [0.29, 0.717) is 28.3 Å². The fourth-order valence-corrected chi connectivity index (χ4v) is 3.31. The molecule has 4 rings (SSSR count). The largest absolute Gasteiger partial charge is 0.487 e. The quantitative estimate of drug-likeness (QED) is 0.730. The van der Waals surface area contributed by atoms with Gasteiger partial charge in [0.05, 0.1) is 17.5 Å². The number of carbonyl (C=O) groups excluding carboxylic acids is 1. The molecule has 1 amide bonds. The molecule has 2 heterocycles. The van der Waals surface area contributed by atoms with E-state index in [-0.39, 0.29) is 18.4 Å². The van der Waals surface area contributed by atoms with Crippen LogP contribution in [0.2, 0.25) is 10.0 Å². The maximum absolute atomic E-state index is 11.9. The summed E-state index contributed by atoms with van der Waals surface area (Å²) in [6.07, 6.45) is 1.68. The molecule has 1 aliphatic heterocycles. The van der Waals surface area contributed by atoms with Gasteiger partial charge in [-0.05, 0) is 23.8 Å². The molecule has 0 unspecified atom stereocenters. The Balaban J connectivity index is 1.55. The number of nitrogens with one attached hydrogen (secondary N) is 1. The number of fused-ring (bicyclic) bond motifs is 1. The molecule has 6 nitrogen and oxygen atoms in total. The van der Waals surface area contributed by atoms with Crippen molar-refractivity contribution >= 4 is 35.1 Å². The van der Waals surface area contributed by atoms with Gasteiger partial charge in [0.2, 0.25) is 11.9 Å². The summed E-state index contributed by atoms with van der Waals surface area (Å²) < 4.78 is 7.47. The van der Waals surface area contributed by atoms with Crippen LogP contribution in [0.5, 0.6) is 5.75 Å². The summed E-state index contributed by atoms with van der Waals surface area (Å²) in [6, 6.07) is 12.7. The zero-order valence-corrected chi connectivity index (χ0v) is 15.0. The first-order valence-corrected chi connectivity index (χ1v) is 8.72. The SMILES string of the molecule is O=C1C[C@H](c2ccc(OCc3ccccc3Cl)c(Cl)c2)n2ncnc2N1. The van der Waals surface area contributed by atoms with Crippen molar-refractivity contribution in [1.29, 1.82) is 0 Å². The Morgan fingerprint density at radius 1 is 1.19 bits per heavy atom. The van der Waals surface area contributed by atoms with Gasteiger partial charge >= 0.3 is 0 Å². The molecule has 8 heteroatoms. The van der Waals surface area contributed by atoms with E-state index in [4.69, 9.17) is 27.9 Å². The van der Waals surface area contributed by atoms with Crippen LogP contribution in [0.1, 0.15) is 23.6 Å². The highest BCUT2D eigenvalue weighted by atomic mass is 35.5. The number of ether oxygens (including phenoxy) is 1. The van der Waals surface area contributed by atoms with Crippen LogP contribution in [0.3, 0.4) is 0 Å². The first kappa shape index (κ1) is 16.9. The Hall–Kier alpha value is -2.57. The van der Waals surface area contributed by atoms with Crippen LogP contribution in [0.4, 0.5) is 5.95 Å². The van der Waals surface area contributed by atoms with Gasteiger partial charge in [0.15, 0.2) is 0 Å². The van der Waals surface area contributed by atoms with Crippen LogP contribution in [-0.2, 0) is 11.4 Å². The van der Waals surface area contributed by atoms with Gasteiger partial charge in [-0.25, -0.2) is 4.68 Å². The molecule has 1 N–H and O–H groups in total. The second-order valence-corrected chi connectivity index (χ2v) is 6.68. The Morgan fingerprint density at radius 2 is 2.04 bits per heavy atom. The number of benzene rings is 2. The predicted molar refractivity (Wildman–Crippen MR) is 98.6 cm³/mol. The van der Waals surface area contributed by atoms with Gasteiger partial charge in [0.1, 0.15) is 18.7 Å². The number of nitrogens with zero attached hydrogens (tertiary/aromatic N) is 3. The highest BCUT2D eigenvalue weighted by Crippen LogP contribution is 2.34. The zero-order valence-electron chi connectivity index (χ0n) is 13.5. The topological polar surface area (TPSA) is 69.0 Å². The van der Waals surface area contributed by atoms with Crippen LogP contribution in [0.15, 0.2) is 48.8 Å². The summed E-state index contributed by atoms with van der Waals surface area (Å²) in [5, 5.41) is 7.98. The van der Waals surface area contributed by atoms with E-state index in [1.807, 2.05) is 30.3 Å². The average molecular weight is 389 g/mol. The molecule has 2 aromatic carbocycles. The Kier molecular flexibility index (Phi) is 4.53. The third kappa shape index (κ3) is 3.25. The molecule has 26 heavy (non-hydrogen) atoms. The Bertz CT molecular complexity index is 973. The van der Waals surface area contributed by atoms with Gasteiger partial charge in [0, 0.05) is 10.6 Å². The van der Waals surface area contributed by atoms with E-state index in [1.165, 1.54) is 6.33 Å². The van der Waals surface area contributed by atoms with E-state index in [0.717, 1.165) is 11.1 Å². The molecular weight excluding hydrogens is 375 g/mol. The number of carbonyl (C=O) groups is 1. The summed E-state index contributed by atoms with van der Waals surface area (Å²) >= 11 is 12.5. The number of halogens is 2. The van der Waals surface area contributed by atoms with Crippen molar-refractivity contribution in [3.8, 4) is 5.75 Å². The molecule has 1 aromatic heterocycles. The number of amides is 1. The fourth-order valence-electron chi connectivity index (χ4n) is 2.88. The van der Waals surface area contributed by atoms with Crippen LogP contribution < -0.4 is 10.1 Å². The summed E-state index contributed by atoms with van der Waals surface area (Å²) in [5.74, 6) is 0.876. The van der Waals surface area contributed by atoms with Crippen LogP contribution in [-0.4, -0.2) is 20.7 Å². The van der Waals surface area contributed by atoms with Crippen molar-refractivity contribution in [2.45, 2.75) is 19.1 Å². The monoisotopic (exact) mass is 388 g/mol. The molecule has 0 aliphatic carbocycles. The second kappa shape index (κ2) is 6.97. The molecule has 3 aromatic rings. The van der Waals surface area contributed by atoms with Gasteiger partial charge in [-0.15, -0.1) is 0 Å². The standard InChI is InChI=1S/C18H14Cl2N4O2/c19-13-4-2-1-3-12(13)9-26-16-6-5-11(7-14(16)20)15-8-17(25)23-18-21-10-22-24(15)18/h1-7,10,15H,8-9H2,(H,21,22,23,25)/t15-/m1/s1. The lowest BCUT2D eigenvalue weighted by Gasteiger charge is -2.24. The van der Waals surface area contributed by atoms with Gasteiger partial charge in [-0.2, -0.15) is 10.1 Å². The normalized spacial score (nSPS) is 16.1. The van der Waals surface area contributed by atoms with Gasteiger partial charge in [-0.3, -0.25) is 10.1 Å². The highest BCUT2D eigenvalue weighted by Gasteiger charge is 2.28. The first-order chi connectivity index (χ1) is 12.6. The fraction of sp³-hybridized carbons (Fsp3) is 0.167. The van der Waals surface area contributed by atoms with Crippen molar-refractivity contribution in [2.24, 2.45) is 0 Å². The highest BCUT2D eigenvalue weighted by molar-refractivity contribution is 6.32. The van der Waals surface area contributed by atoms with E-state index in [2.05, 4.69) is 15.4 Å². The van der Waals surface area contributed by atoms with Crippen molar-refractivity contribution in [1.82, 2.24) is 14.8 Å². The molecule has 0 radical (unpaired) electrons. The molecule has 1 aliphatic rings. The molecule has 132 valence electrons. The number of hydrogen-bond acceptors (Lipinski definition) is 4. The molecule has 0 spiro atoms. The van der Waals surface area contributed by atoms with Crippen LogP contribution in [0, 0.1) is 0 Å². The molecule has 1 atom stereocenters. The van der Waals surface area contributed by atoms with Crippen molar-refractivity contribution in [3.05, 3.63) is 70.0 Å². The summed E-state index contributed by atoms with van der Waals surface area (Å²) in [4.78, 5) is 15.9. The van der Waals surface area contributed by atoms with E-state index in [9.17, 15) is 4.79 Å². The second-order valence-electron chi connectivity index (χ2n) is 5.87. The summed E-state index contributed by atoms with van der Waals surface area (Å²) in [6.45, 7) is 0.317. The third-order valence-electron chi connectivity index (χ3n) is 4.18. The minimum atomic E-state index is -0.253. The van der Waals surface area contributed by atoms with Crippen molar-refractivity contribution in [3.63, 3.8) is 0 Å². The van der Waals surface area contributed by atoms with Crippen molar-refractivity contribution in [2.75, 3.05) is 5.32 Å². The lowest BCUT2D eigenvalue weighted by molar-refractivity contribution is -0.117. The molecular formula is C18H14Cl2N4O2. The Labute approximate surface area is 159 Å². The van der Waals surface area contributed by atoms with E-state index >= 15 is 0 Å². The van der Waals surface area contributed by atoms with E-state index < -0.39 is 0 Å². The summed E-state index contributed by atoms with van der Waals surface area (Å²) in [7, 11) is 0. The minimum Gasteiger partial charge on any atom is -0.487 e. The lowest BCUT2D eigenvalue weighted by Crippen LogP contribution is -2.29. The maximum atomic E-state index is 11.9. The third-order valence-corrected chi connectivity index (χ3v) is 4.84. The number of rotatable bonds is 4. The molecule has 0 bridgehead atoms. The number of anilines is 1. The number of aromatic nitrogens is 3. The van der Waals surface area contributed by atoms with Crippen molar-refractivity contribution < 1.29 is 9.53 Å². The zero-order chi connectivity index (χ0) is 18.1. The van der Waals surface area contributed by atoms with E-state index in [1.54, 1.807) is 16.8 Å².